The van der Waals surface area contributed by atoms with Gasteiger partial charge in [-0.15, -0.1) is 0 Å². The zero-order valence-electron chi connectivity index (χ0n) is 14.5. The molecule has 1 heterocycles. The highest BCUT2D eigenvalue weighted by Crippen LogP contribution is 2.32. The minimum atomic E-state index is -0.395. The second-order valence-corrected chi connectivity index (χ2v) is 6.77. The lowest BCUT2D eigenvalue weighted by Gasteiger charge is -2.14. The number of halogens is 1. The van der Waals surface area contributed by atoms with Crippen molar-refractivity contribution < 1.29 is 14.3 Å². The molecule has 2 amide bonds. The van der Waals surface area contributed by atoms with Gasteiger partial charge in [-0.05, 0) is 30.0 Å². The number of rotatable bonds is 8. The van der Waals surface area contributed by atoms with E-state index < -0.39 is 5.91 Å². The molecular weight excluding hydrogens is 326 g/mol. The zero-order valence-corrected chi connectivity index (χ0v) is 15.2. The van der Waals surface area contributed by atoms with Crippen LogP contribution >= 0.6 is 11.6 Å². The summed E-state index contributed by atoms with van der Waals surface area (Å²) in [6.07, 6.45) is 2.81. The first-order valence-electron chi connectivity index (χ1n) is 8.44. The zero-order chi connectivity index (χ0) is 17.7. The Balaban J connectivity index is 2.12. The molecule has 130 valence electrons. The summed E-state index contributed by atoms with van der Waals surface area (Å²) in [7, 11) is 0. The maximum Gasteiger partial charge on any atom is 0.273 e. The van der Waals surface area contributed by atoms with Crippen molar-refractivity contribution in [1.29, 1.82) is 0 Å². The Hall–Kier alpha value is -1.81. The van der Waals surface area contributed by atoms with E-state index in [1.165, 1.54) is 4.90 Å². The number of benzene rings is 1. The van der Waals surface area contributed by atoms with Gasteiger partial charge in [-0.1, -0.05) is 57.3 Å². The van der Waals surface area contributed by atoms with Crippen LogP contribution in [0.3, 0.4) is 0 Å². The van der Waals surface area contributed by atoms with Gasteiger partial charge in [-0.3, -0.25) is 14.5 Å². The molecule has 5 heteroatoms. The monoisotopic (exact) mass is 349 g/mol. The Morgan fingerprint density at radius 1 is 1.08 bits per heavy atom. The predicted molar refractivity (Wildman–Crippen MR) is 95.8 cm³/mol. The highest BCUT2D eigenvalue weighted by atomic mass is 35.5. The lowest BCUT2D eigenvalue weighted by molar-refractivity contribution is -0.136. The summed E-state index contributed by atoms with van der Waals surface area (Å²) >= 11 is 6.14. The number of nitrogens with zero attached hydrogens (tertiary/aromatic N) is 1. The SMILES string of the molecule is CCCCCN1C(=O)C(Cl)=C(c2ccc(OCC(C)C)cc2)C1=O. The molecule has 1 aromatic rings. The third kappa shape index (κ3) is 4.18. The van der Waals surface area contributed by atoms with Gasteiger partial charge in [0.05, 0.1) is 12.2 Å². The summed E-state index contributed by atoms with van der Waals surface area (Å²) in [6.45, 7) is 7.28. The van der Waals surface area contributed by atoms with Crippen molar-refractivity contribution in [3.05, 3.63) is 34.9 Å². The molecule has 1 aromatic carbocycles. The van der Waals surface area contributed by atoms with E-state index in [2.05, 4.69) is 20.8 Å². The lowest BCUT2D eigenvalue weighted by Crippen LogP contribution is -2.32. The van der Waals surface area contributed by atoms with E-state index in [4.69, 9.17) is 16.3 Å². The molecule has 0 N–H and O–H groups in total. The fourth-order valence-electron chi connectivity index (χ4n) is 2.50. The molecule has 24 heavy (non-hydrogen) atoms. The van der Waals surface area contributed by atoms with Crippen LogP contribution in [0.1, 0.15) is 45.6 Å². The third-order valence-corrected chi connectivity index (χ3v) is 4.17. The van der Waals surface area contributed by atoms with Crippen molar-refractivity contribution in [2.75, 3.05) is 13.2 Å². The summed E-state index contributed by atoms with van der Waals surface area (Å²) in [5.74, 6) is 0.471. The summed E-state index contributed by atoms with van der Waals surface area (Å²) in [6, 6.07) is 7.14. The van der Waals surface area contributed by atoms with Gasteiger partial charge >= 0.3 is 0 Å². The largest absolute Gasteiger partial charge is 0.493 e. The van der Waals surface area contributed by atoms with Crippen LogP contribution in [-0.2, 0) is 9.59 Å². The minimum absolute atomic E-state index is 0.00680. The quantitative estimate of drug-likeness (QED) is 0.521. The van der Waals surface area contributed by atoms with Crippen molar-refractivity contribution in [3.63, 3.8) is 0 Å². The third-order valence-electron chi connectivity index (χ3n) is 3.82. The van der Waals surface area contributed by atoms with Crippen LogP contribution in [0.5, 0.6) is 5.75 Å². The maximum absolute atomic E-state index is 12.6. The Kier molecular flexibility index (Phi) is 6.44. The second-order valence-electron chi connectivity index (χ2n) is 6.39. The molecule has 0 saturated heterocycles. The first kappa shape index (κ1) is 18.5. The average Bonchev–Trinajstić information content (AvgIpc) is 2.77. The van der Waals surface area contributed by atoms with Crippen LogP contribution in [0.2, 0.25) is 0 Å². The summed E-state index contributed by atoms with van der Waals surface area (Å²) in [4.78, 5) is 26.0. The smallest absolute Gasteiger partial charge is 0.273 e. The van der Waals surface area contributed by atoms with Gasteiger partial charge in [-0.2, -0.15) is 0 Å². The van der Waals surface area contributed by atoms with E-state index in [-0.39, 0.29) is 16.5 Å². The maximum atomic E-state index is 12.6. The Morgan fingerprint density at radius 2 is 1.75 bits per heavy atom. The van der Waals surface area contributed by atoms with Gasteiger partial charge in [0.1, 0.15) is 10.8 Å². The fraction of sp³-hybridized carbons (Fsp3) is 0.474. The Labute approximate surface area is 148 Å². The van der Waals surface area contributed by atoms with Crippen molar-refractivity contribution in [1.82, 2.24) is 4.90 Å². The summed E-state index contributed by atoms with van der Waals surface area (Å²) in [5, 5.41) is 0.00680. The number of hydrogen-bond donors (Lipinski definition) is 0. The van der Waals surface area contributed by atoms with Crippen LogP contribution in [0.15, 0.2) is 29.3 Å². The van der Waals surface area contributed by atoms with Crippen LogP contribution in [0.25, 0.3) is 5.57 Å². The number of hydrogen-bond acceptors (Lipinski definition) is 3. The molecule has 4 nitrogen and oxygen atoms in total. The number of ether oxygens (including phenoxy) is 1. The highest BCUT2D eigenvalue weighted by molar-refractivity contribution is 6.55. The van der Waals surface area contributed by atoms with E-state index in [1.807, 2.05) is 0 Å². The van der Waals surface area contributed by atoms with Crippen LogP contribution in [0.4, 0.5) is 0 Å². The Morgan fingerprint density at radius 3 is 2.33 bits per heavy atom. The lowest BCUT2D eigenvalue weighted by atomic mass is 10.1. The molecular formula is C19H24ClNO3. The number of imide groups is 1. The second kappa shape index (κ2) is 8.34. The van der Waals surface area contributed by atoms with E-state index >= 15 is 0 Å². The molecule has 0 bridgehead atoms. The van der Waals surface area contributed by atoms with Gasteiger partial charge in [0.15, 0.2) is 0 Å². The van der Waals surface area contributed by atoms with Gasteiger partial charge < -0.3 is 4.74 Å². The molecule has 0 spiro atoms. The van der Waals surface area contributed by atoms with E-state index in [0.717, 1.165) is 25.0 Å². The van der Waals surface area contributed by atoms with E-state index in [9.17, 15) is 9.59 Å². The van der Waals surface area contributed by atoms with Crippen molar-refractivity contribution >= 4 is 29.0 Å². The van der Waals surface area contributed by atoms with Crippen molar-refractivity contribution in [2.24, 2.45) is 5.92 Å². The van der Waals surface area contributed by atoms with Gasteiger partial charge in [0.2, 0.25) is 0 Å². The molecule has 0 atom stereocenters. The topological polar surface area (TPSA) is 46.6 Å². The fourth-order valence-corrected chi connectivity index (χ4v) is 2.79. The average molecular weight is 350 g/mol. The number of carbonyl (C=O) groups excluding carboxylic acids is 2. The normalized spacial score (nSPS) is 15.0. The van der Waals surface area contributed by atoms with Gasteiger partial charge in [0.25, 0.3) is 11.8 Å². The molecule has 2 rings (SSSR count). The van der Waals surface area contributed by atoms with E-state index in [1.54, 1.807) is 24.3 Å². The van der Waals surface area contributed by atoms with Crippen LogP contribution in [-0.4, -0.2) is 29.9 Å². The number of carbonyl (C=O) groups is 2. The number of unbranched alkanes of at least 4 members (excludes halogenated alkanes) is 2. The highest BCUT2D eigenvalue weighted by Gasteiger charge is 2.37. The first-order chi connectivity index (χ1) is 11.5. The molecule has 0 saturated carbocycles. The van der Waals surface area contributed by atoms with Gasteiger partial charge in [-0.25, -0.2) is 0 Å². The first-order valence-corrected chi connectivity index (χ1v) is 8.82. The molecule has 0 aromatic heterocycles. The summed E-state index contributed by atoms with van der Waals surface area (Å²) < 4.78 is 5.64. The minimum Gasteiger partial charge on any atom is -0.493 e. The molecule has 1 aliphatic heterocycles. The molecule has 0 aliphatic carbocycles. The summed E-state index contributed by atoms with van der Waals surface area (Å²) in [5.41, 5.74) is 0.932. The standard InChI is InChI=1S/C19H24ClNO3/c1-4-5-6-11-21-18(22)16(17(20)19(21)23)14-7-9-15(10-8-14)24-12-13(2)3/h7-10,13H,4-6,11-12H2,1-3H3. The Bertz CT molecular complexity index is 635. The molecule has 0 radical (unpaired) electrons. The van der Waals surface area contributed by atoms with Crippen molar-refractivity contribution in [3.8, 4) is 5.75 Å². The van der Waals surface area contributed by atoms with Crippen molar-refractivity contribution in [2.45, 2.75) is 40.0 Å². The molecule has 0 unspecified atom stereocenters. The molecule has 1 aliphatic rings. The van der Waals surface area contributed by atoms with E-state index in [0.29, 0.717) is 24.6 Å². The van der Waals surface area contributed by atoms with Gasteiger partial charge in [0, 0.05) is 6.54 Å². The predicted octanol–water partition coefficient (Wildman–Crippen LogP) is 4.23. The molecule has 0 fully saturated rings. The van der Waals surface area contributed by atoms with Crippen LogP contribution < -0.4 is 4.74 Å². The number of amides is 2. The van der Waals surface area contributed by atoms with Crippen LogP contribution in [0, 0.1) is 5.92 Å².